The van der Waals surface area contributed by atoms with Gasteiger partial charge in [0.05, 0.1) is 0 Å². The van der Waals surface area contributed by atoms with E-state index in [4.69, 9.17) is 0 Å². The highest BCUT2D eigenvalue weighted by Crippen LogP contribution is 2.24. The first-order valence-corrected chi connectivity index (χ1v) is 9.46. The summed E-state index contributed by atoms with van der Waals surface area (Å²) < 4.78 is 0. The Hall–Kier alpha value is -0.0400. The minimum absolute atomic E-state index is 0.851. The molecule has 0 saturated carbocycles. The summed E-state index contributed by atoms with van der Waals surface area (Å²) in [5.41, 5.74) is 0. The van der Waals surface area contributed by atoms with Gasteiger partial charge < -0.3 is 4.90 Å². The Kier molecular flexibility index (Phi) is 10.4. The number of rotatable bonds is 8. The number of unbranched alkanes of at least 4 members (excludes halogenated alkanes) is 5. The van der Waals surface area contributed by atoms with Gasteiger partial charge in [-0.2, -0.15) is 0 Å². The van der Waals surface area contributed by atoms with Crippen LogP contribution in [-0.4, -0.2) is 24.5 Å². The van der Waals surface area contributed by atoms with E-state index >= 15 is 0 Å². The van der Waals surface area contributed by atoms with Crippen LogP contribution < -0.4 is 0 Å². The Bertz CT molecular complexity index is 214. The molecular weight excluding hydrogens is 242 g/mol. The number of hydrogen-bond donors (Lipinski definition) is 0. The standard InChI is InChI=1S/C19H39N/c1-4-5-6-7-9-12-15-18(2)19-16-13-10-8-11-14-17-20(19)3/h18-19H,4-17H2,1-3H3. The largest absolute Gasteiger partial charge is 0.303 e. The topological polar surface area (TPSA) is 3.24 Å². The average molecular weight is 282 g/mol. The maximum Gasteiger partial charge on any atom is 0.0118 e. The lowest BCUT2D eigenvalue weighted by Crippen LogP contribution is -2.37. The van der Waals surface area contributed by atoms with Gasteiger partial charge in [-0.3, -0.25) is 0 Å². The number of hydrogen-bond acceptors (Lipinski definition) is 1. The predicted molar refractivity (Wildman–Crippen MR) is 91.3 cm³/mol. The van der Waals surface area contributed by atoms with E-state index in [1.54, 1.807) is 0 Å². The van der Waals surface area contributed by atoms with Crippen molar-refractivity contribution in [3.05, 3.63) is 0 Å². The Morgan fingerprint density at radius 1 is 0.900 bits per heavy atom. The normalized spacial score (nSPS) is 23.9. The van der Waals surface area contributed by atoms with E-state index in [1.165, 1.54) is 90.0 Å². The molecule has 0 aromatic carbocycles. The van der Waals surface area contributed by atoms with Crippen LogP contribution in [0, 0.1) is 5.92 Å². The SMILES string of the molecule is CCCCCCCCC(C)C1CCCCCCCN1C. The third kappa shape index (κ3) is 7.67. The van der Waals surface area contributed by atoms with Crippen LogP contribution in [0.1, 0.15) is 97.3 Å². The van der Waals surface area contributed by atoms with Crippen LogP contribution in [-0.2, 0) is 0 Å². The van der Waals surface area contributed by atoms with Crippen LogP contribution in [0.15, 0.2) is 0 Å². The van der Waals surface area contributed by atoms with E-state index in [2.05, 4.69) is 25.8 Å². The molecule has 1 saturated heterocycles. The van der Waals surface area contributed by atoms with Gasteiger partial charge in [0.2, 0.25) is 0 Å². The Morgan fingerprint density at radius 3 is 2.35 bits per heavy atom. The molecule has 1 nitrogen and oxygen atoms in total. The fraction of sp³-hybridized carbons (Fsp3) is 1.00. The second-order valence-electron chi connectivity index (χ2n) is 7.14. The van der Waals surface area contributed by atoms with Crippen LogP contribution in [0.4, 0.5) is 0 Å². The lowest BCUT2D eigenvalue weighted by atomic mass is 9.90. The fourth-order valence-electron chi connectivity index (χ4n) is 3.79. The Balaban J connectivity index is 2.22. The van der Waals surface area contributed by atoms with Gasteiger partial charge in [-0.25, -0.2) is 0 Å². The van der Waals surface area contributed by atoms with Crippen molar-refractivity contribution in [2.24, 2.45) is 5.92 Å². The fourth-order valence-corrected chi connectivity index (χ4v) is 3.79. The van der Waals surface area contributed by atoms with Crippen molar-refractivity contribution in [1.82, 2.24) is 4.90 Å². The summed E-state index contributed by atoms with van der Waals surface area (Å²) in [5, 5.41) is 0. The van der Waals surface area contributed by atoms with Crippen molar-refractivity contribution in [1.29, 1.82) is 0 Å². The van der Waals surface area contributed by atoms with E-state index in [9.17, 15) is 0 Å². The summed E-state index contributed by atoms with van der Waals surface area (Å²) in [6.07, 6.45) is 18.7. The lowest BCUT2D eigenvalue weighted by molar-refractivity contribution is 0.163. The molecule has 0 aliphatic carbocycles. The molecule has 0 aromatic heterocycles. The molecule has 1 aliphatic rings. The summed E-state index contributed by atoms with van der Waals surface area (Å²) in [6, 6.07) is 0.851. The van der Waals surface area contributed by atoms with Gasteiger partial charge in [0, 0.05) is 6.04 Å². The van der Waals surface area contributed by atoms with Gasteiger partial charge in [0.25, 0.3) is 0 Å². The molecule has 0 N–H and O–H groups in total. The van der Waals surface area contributed by atoms with E-state index < -0.39 is 0 Å². The van der Waals surface area contributed by atoms with E-state index in [0.29, 0.717) is 0 Å². The molecule has 120 valence electrons. The predicted octanol–water partition coefficient (Wildman–Crippen LogP) is 6.03. The van der Waals surface area contributed by atoms with Crippen molar-refractivity contribution < 1.29 is 0 Å². The molecule has 2 atom stereocenters. The van der Waals surface area contributed by atoms with E-state index in [-0.39, 0.29) is 0 Å². The molecule has 0 aromatic rings. The first-order chi connectivity index (χ1) is 9.75. The molecular formula is C19H39N. The quantitative estimate of drug-likeness (QED) is 0.491. The van der Waals surface area contributed by atoms with Crippen molar-refractivity contribution in [3.63, 3.8) is 0 Å². The van der Waals surface area contributed by atoms with Crippen molar-refractivity contribution in [2.45, 2.75) is 103 Å². The maximum absolute atomic E-state index is 2.67. The van der Waals surface area contributed by atoms with E-state index in [1.807, 2.05) is 0 Å². The smallest absolute Gasteiger partial charge is 0.0118 e. The monoisotopic (exact) mass is 281 g/mol. The van der Waals surface area contributed by atoms with Gasteiger partial charge in [0.15, 0.2) is 0 Å². The Morgan fingerprint density at radius 2 is 1.55 bits per heavy atom. The molecule has 1 rings (SSSR count). The van der Waals surface area contributed by atoms with Gasteiger partial charge in [-0.15, -0.1) is 0 Å². The highest BCUT2D eigenvalue weighted by Gasteiger charge is 2.21. The highest BCUT2D eigenvalue weighted by molar-refractivity contribution is 4.76. The first-order valence-electron chi connectivity index (χ1n) is 9.46. The average Bonchev–Trinajstić information content (AvgIpc) is 2.54. The van der Waals surface area contributed by atoms with Gasteiger partial charge >= 0.3 is 0 Å². The van der Waals surface area contributed by atoms with Gasteiger partial charge in [-0.1, -0.05) is 78.1 Å². The van der Waals surface area contributed by atoms with Crippen LogP contribution in [0.2, 0.25) is 0 Å². The molecule has 2 unspecified atom stereocenters. The summed E-state index contributed by atoms with van der Waals surface area (Å²) in [5.74, 6) is 0.893. The number of nitrogens with zero attached hydrogens (tertiary/aromatic N) is 1. The van der Waals surface area contributed by atoms with Crippen molar-refractivity contribution in [2.75, 3.05) is 13.6 Å². The van der Waals surface area contributed by atoms with Crippen LogP contribution in [0.25, 0.3) is 0 Å². The zero-order chi connectivity index (χ0) is 14.6. The third-order valence-electron chi connectivity index (χ3n) is 5.25. The molecule has 0 bridgehead atoms. The summed E-state index contributed by atoms with van der Waals surface area (Å²) in [4.78, 5) is 2.67. The molecule has 0 spiro atoms. The lowest BCUT2D eigenvalue weighted by Gasteiger charge is -2.32. The minimum Gasteiger partial charge on any atom is -0.303 e. The van der Waals surface area contributed by atoms with Gasteiger partial charge in [-0.05, 0) is 38.8 Å². The second kappa shape index (κ2) is 11.6. The minimum atomic E-state index is 0.851. The van der Waals surface area contributed by atoms with Crippen LogP contribution >= 0.6 is 0 Å². The van der Waals surface area contributed by atoms with Crippen molar-refractivity contribution in [3.8, 4) is 0 Å². The molecule has 1 heterocycles. The highest BCUT2D eigenvalue weighted by atomic mass is 15.1. The molecule has 1 heteroatoms. The van der Waals surface area contributed by atoms with Crippen LogP contribution in [0.3, 0.4) is 0 Å². The summed E-state index contributed by atoms with van der Waals surface area (Å²) in [6.45, 7) is 6.13. The van der Waals surface area contributed by atoms with Crippen LogP contribution in [0.5, 0.6) is 0 Å². The molecule has 20 heavy (non-hydrogen) atoms. The molecule has 0 radical (unpaired) electrons. The Labute approximate surface area is 128 Å². The molecule has 1 fully saturated rings. The molecule has 1 aliphatic heterocycles. The zero-order valence-corrected chi connectivity index (χ0v) is 14.5. The maximum atomic E-state index is 2.67. The summed E-state index contributed by atoms with van der Waals surface area (Å²) in [7, 11) is 2.37. The van der Waals surface area contributed by atoms with E-state index in [0.717, 1.165) is 12.0 Å². The zero-order valence-electron chi connectivity index (χ0n) is 14.5. The third-order valence-corrected chi connectivity index (χ3v) is 5.25. The van der Waals surface area contributed by atoms with Gasteiger partial charge in [0.1, 0.15) is 0 Å². The summed E-state index contributed by atoms with van der Waals surface area (Å²) >= 11 is 0. The first kappa shape index (κ1) is 18.0. The second-order valence-corrected chi connectivity index (χ2v) is 7.14. The molecule has 0 amide bonds. The van der Waals surface area contributed by atoms with Crippen molar-refractivity contribution >= 4 is 0 Å².